The van der Waals surface area contributed by atoms with Crippen LogP contribution in [0.2, 0.25) is 5.02 Å². The van der Waals surface area contributed by atoms with Crippen LogP contribution in [0.15, 0.2) is 18.2 Å². The lowest BCUT2D eigenvalue weighted by atomic mass is 9.92. The Morgan fingerprint density at radius 3 is 2.83 bits per heavy atom. The molecule has 0 radical (unpaired) electrons. The molecule has 0 unspecified atom stereocenters. The van der Waals surface area contributed by atoms with Crippen molar-refractivity contribution in [2.24, 2.45) is 0 Å². The Bertz CT molecular complexity index is 451. The average Bonchev–Trinajstić information content (AvgIpc) is 2.35. The molecule has 1 aliphatic rings. The largest absolute Gasteiger partial charge is 0.398 e. The van der Waals surface area contributed by atoms with Crippen molar-refractivity contribution in [3.05, 3.63) is 28.8 Å². The molecule has 98 valence electrons. The van der Waals surface area contributed by atoms with Crippen LogP contribution in [0.3, 0.4) is 0 Å². The monoisotopic (exact) mass is 268 g/mol. The van der Waals surface area contributed by atoms with E-state index in [0.717, 1.165) is 25.7 Å². The highest BCUT2D eigenvalue weighted by Crippen LogP contribution is 2.21. The summed E-state index contributed by atoms with van der Waals surface area (Å²) in [4.78, 5) is 12.1. The van der Waals surface area contributed by atoms with E-state index in [-0.39, 0.29) is 11.9 Å². The van der Waals surface area contributed by atoms with Crippen molar-refractivity contribution in [3.63, 3.8) is 0 Å². The smallest absolute Gasteiger partial charge is 0.253 e. The number of nitrogen functional groups attached to an aromatic ring is 1. The Morgan fingerprint density at radius 1 is 1.39 bits per heavy atom. The molecule has 0 saturated heterocycles. The normalized spacial score (nSPS) is 23.7. The summed E-state index contributed by atoms with van der Waals surface area (Å²) >= 11 is 5.85. The number of hydrogen-bond donors (Lipinski definition) is 3. The molecule has 1 aromatic rings. The highest BCUT2D eigenvalue weighted by atomic mass is 35.5. The van der Waals surface area contributed by atoms with Gasteiger partial charge in [0.2, 0.25) is 0 Å². The predicted octanol–water partition coefficient (Wildman–Crippen LogP) is 1.96. The van der Waals surface area contributed by atoms with Crippen LogP contribution in [-0.2, 0) is 0 Å². The van der Waals surface area contributed by atoms with Crippen LogP contribution >= 0.6 is 11.6 Å². The van der Waals surface area contributed by atoms with Gasteiger partial charge in [-0.1, -0.05) is 24.4 Å². The van der Waals surface area contributed by atoms with Crippen LogP contribution in [0, 0.1) is 0 Å². The standard InChI is InChI=1S/C13H17ClN2O2/c14-8-5-6-10(15)9(7-8)13(18)16-11-3-1-2-4-12(11)17/h5-7,11-12,17H,1-4,15H2,(H,16,18)/t11-,12-/m0/s1. The molecule has 1 aliphatic carbocycles. The minimum atomic E-state index is -0.469. The molecule has 5 heteroatoms. The minimum absolute atomic E-state index is 0.190. The van der Waals surface area contributed by atoms with Gasteiger partial charge in [0.25, 0.3) is 5.91 Å². The van der Waals surface area contributed by atoms with Gasteiger partial charge in [0.1, 0.15) is 0 Å². The third-order valence-electron chi connectivity index (χ3n) is 3.31. The average molecular weight is 269 g/mol. The highest BCUT2D eigenvalue weighted by molar-refractivity contribution is 6.31. The highest BCUT2D eigenvalue weighted by Gasteiger charge is 2.25. The number of halogens is 1. The Hall–Kier alpha value is -1.26. The first kappa shape index (κ1) is 13.2. The van der Waals surface area contributed by atoms with Crippen LogP contribution in [0.1, 0.15) is 36.0 Å². The second-order valence-electron chi connectivity index (χ2n) is 4.66. The van der Waals surface area contributed by atoms with Gasteiger partial charge in [-0.05, 0) is 31.0 Å². The number of nitrogens with one attached hydrogen (secondary N) is 1. The fourth-order valence-corrected chi connectivity index (χ4v) is 2.42. The quantitative estimate of drug-likeness (QED) is 0.718. The Balaban J connectivity index is 2.09. The van der Waals surface area contributed by atoms with Crippen molar-refractivity contribution in [1.29, 1.82) is 0 Å². The number of aliphatic hydroxyl groups excluding tert-OH is 1. The Kier molecular flexibility index (Phi) is 4.09. The van der Waals surface area contributed by atoms with Crippen molar-refractivity contribution in [1.82, 2.24) is 5.32 Å². The second kappa shape index (κ2) is 5.59. The van der Waals surface area contributed by atoms with E-state index in [9.17, 15) is 9.90 Å². The molecule has 0 heterocycles. The van der Waals surface area contributed by atoms with E-state index < -0.39 is 6.10 Å². The SMILES string of the molecule is Nc1ccc(Cl)cc1C(=O)N[C@H]1CCCC[C@@H]1O. The van der Waals surface area contributed by atoms with Gasteiger partial charge in [-0.15, -0.1) is 0 Å². The second-order valence-corrected chi connectivity index (χ2v) is 5.10. The molecule has 0 aromatic heterocycles. The number of hydrogen-bond acceptors (Lipinski definition) is 3. The summed E-state index contributed by atoms with van der Waals surface area (Å²) in [5.74, 6) is -0.277. The molecule has 2 atom stereocenters. The Labute approximate surface area is 111 Å². The fraction of sp³-hybridized carbons (Fsp3) is 0.462. The van der Waals surface area contributed by atoms with Gasteiger partial charge in [-0.3, -0.25) is 4.79 Å². The fourth-order valence-electron chi connectivity index (χ4n) is 2.25. The van der Waals surface area contributed by atoms with Gasteiger partial charge < -0.3 is 16.2 Å². The molecular weight excluding hydrogens is 252 g/mol. The number of rotatable bonds is 2. The molecule has 1 aromatic carbocycles. The molecule has 18 heavy (non-hydrogen) atoms. The zero-order valence-electron chi connectivity index (χ0n) is 10.0. The molecule has 1 amide bonds. The number of anilines is 1. The van der Waals surface area contributed by atoms with E-state index in [4.69, 9.17) is 17.3 Å². The molecule has 0 bridgehead atoms. The number of aliphatic hydroxyl groups is 1. The summed E-state index contributed by atoms with van der Waals surface area (Å²) in [7, 11) is 0. The number of carbonyl (C=O) groups is 1. The topological polar surface area (TPSA) is 75.4 Å². The zero-order chi connectivity index (χ0) is 13.1. The first-order valence-corrected chi connectivity index (χ1v) is 6.49. The maximum atomic E-state index is 12.1. The van der Waals surface area contributed by atoms with E-state index in [1.165, 1.54) is 0 Å². The van der Waals surface area contributed by atoms with Crippen molar-refractivity contribution < 1.29 is 9.90 Å². The number of nitrogens with two attached hydrogens (primary N) is 1. The van der Waals surface area contributed by atoms with Crippen LogP contribution in [0.5, 0.6) is 0 Å². The van der Waals surface area contributed by atoms with Gasteiger partial charge >= 0.3 is 0 Å². The van der Waals surface area contributed by atoms with Crippen molar-refractivity contribution in [3.8, 4) is 0 Å². The summed E-state index contributed by atoms with van der Waals surface area (Å²) in [6.45, 7) is 0. The van der Waals surface area contributed by atoms with Crippen LogP contribution in [-0.4, -0.2) is 23.2 Å². The van der Waals surface area contributed by atoms with Crippen LogP contribution in [0.25, 0.3) is 0 Å². The predicted molar refractivity (Wildman–Crippen MR) is 71.6 cm³/mol. The summed E-state index contributed by atoms with van der Waals surface area (Å²) < 4.78 is 0. The van der Waals surface area contributed by atoms with E-state index >= 15 is 0 Å². The zero-order valence-corrected chi connectivity index (χ0v) is 10.8. The van der Waals surface area contributed by atoms with E-state index in [2.05, 4.69) is 5.32 Å². The molecule has 4 nitrogen and oxygen atoms in total. The van der Waals surface area contributed by atoms with E-state index in [0.29, 0.717) is 16.3 Å². The lowest BCUT2D eigenvalue weighted by Crippen LogP contribution is -2.45. The third-order valence-corrected chi connectivity index (χ3v) is 3.54. The van der Waals surface area contributed by atoms with Gasteiger partial charge in [0, 0.05) is 10.7 Å². The van der Waals surface area contributed by atoms with E-state index in [1.807, 2.05) is 0 Å². The summed E-state index contributed by atoms with van der Waals surface area (Å²) in [6, 6.07) is 4.60. The van der Waals surface area contributed by atoms with Gasteiger partial charge in [-0.25, -0.2) is 0 Å². The van der Waals surface area contributed by atoms with Gasteiger partial charge in [0.05, 0.1) is 17.7 Å². The number of benzene rings is 1. The molecular formula is C13H17ClN2O2. The molecule has 1 fully saturated rings. The van der Waals surface area contributed by atoms with Crippen molar-refractivity contribution in [2.45, 2.75) is 37.8 Å². The minimum Gasteiger partial charge on any atom is -0.398 e. The molecule has 0 spiro atoms. The third kappa shape index (κ3) is 2.94. The van der Waals surface area contributed by atoms with Crippen molar-refractivity contribution in [2.75, 3.05) is 5.73 Å². The first-order valence-electron chi connectivity index (χ1n) is 6.12. The maximum absolute atomic E-state index is 12.1. The lowest BCUT2D eigenvalue weighted by molar-refractivity contribution is 0.0718. The summed E-state index contributed by atoms with van der Waals surface area (Å²) in [5, 5.41) is 13.1. The first-order chi connectivity index (χ1) is 8.58. The van der Waals surface area contributed by atoms with Crippen LogP contribution < -0.4 is 11.1 Å². The van der Waals surface area contributed by atoms with Crippen LogP contribution in [0.4, 0.5) is 5.69 Å². The summed E-state index contributed by atoms with van der Waals surface area (Å²) in [6.07, 6.45) is 3.09. The molecule has 0 aliphatic heterocycles. The Morgan fingerprint density at radius 2 is 2.11 bits per heavy atom. The molecule has 4 N–H and O–H groups in total. The molecule has 1 saturated carbocycles. The number of amides is 1. The van der Waals surface area contributed by atoms with Gasteiger partial charge in [-0.2, -0.15) is 0 Å². The number of carbonyl (C=O) groups excluding carboxylic acids is 1. The van der Waals surface area contributed by atoms with Gasteiger partial charge in [0.15, 0.2) is 0 Å². The molecule has 2 rings (SSSR count). The maximum Gasteiger partial charge on any atom is 0.253 e. The van der Waals surface area contributed by atoms with Crippen molar-refractivity contribution >= 4 is 23.2 Å². The van der Waals surface area contributed by atoms with E-state index in [1.54, 1.807) is 18.2 Å². The summed E-state index contributed by atoms with van der Waals surface area (Å²) in [5.41, 5.74) is 6.50. The lowest BCUT2D eigenvalue weighted by Gasteiger charge is -2.28.